The Balaban J connectivity index is 0.000000371. The van der Waals surface area contributed by atoms with Gasteiger partial charge in [0.25, 0.3) is 26.9 Å². The lowest BCUT2D eigenvalue weighted by atomic mass is 9.87. The Kier molecular flexibility index (Phi) is 47.5. The number of methoxy groups -OCH3 is 4. The first-order valence-electron chi connectivity index (χ1n) is 40.5. The van der Waals surface area contributed by atoms with Crippen LogP contribution in [0.3, 0.4) is 0 Å². The summed E-state index contributed by atoms with van der Waals surface area (Å²) in [4.78, 5) is 79.9. The zero-order chi connectivity index (χ0) is 110. The zero-order valence-corrected chi connectivity index (χ0v) is 86.0. The van der Waals surface area contributed by atoms with Gasteiger partial charge in [-0.15, -0.1) is 5.92 Å². The number of oxime groups is 4. The molecule has 3 N–H and O–H groups in total. The molecular formula is C91H83Cl9F15N9O19S2. The molecule has 4 aromatic heterocycles. The van der Waals surface area contributed by atoms with E-state index in [1.165, 1.54) is 114 Å². The number of hydrogen-bond donors (Lipinski definition) is 3. The van der Waals surface area contributed by atoms with E-state index in [1.807, 2.05) is 0 Å². The van der Waals surface area contributed by atoms with Gasteiger partial charge in [0.1, 0.15) is 57.1 Å². The van der Waals surface area contributed by atoms with Crippen LogP contribution in [0.15, 0.2) is 149 Å². The van der Waals surface area contributed by atoms with E-state index < -0.39 is 145 Å². The maximum atomic E-state index is 14.2. The quantitative estimate of drug-likeness (QED) is 0.00728. The second-order valence-corrected chi connectivity index (χ2v) is 37.4. The molecule has 4 aromatic carbocycles. The fraction of sp³-hybridized carbons (Fsp3) is 0.341. The molecule has 0 bridgehead atoms. The number of rotatable bonds is 17. The summed E-state index contributed by atoms with van der Waals surface area (Å²) in [7, 11) is 2.18. The van der Waals surface area contributed by atoms with Gasteiger partial charge in [0.15, 0.2) is 0 Å². The van der Waals surface area contributed by atoms with E-state index in [9.17, 15) is 107 Å². The molecule has 0 saturated carbocycles. The van der Waals surface area contributed by atoms with Crippen LogP contribution in [0, 0.1) is 42.4 Å². The number of benzene rings is 4. The number of pyridine rings is 4. The number of aliphatic hydroxyl groups excluding tert-OH is 2. The van der Waals surface area contributed by atoms with E-state index in [0.717, 1.165) is 88.6 Å². The smallest absolute Gasteiger partial charge is 0.435 e. The first-order valence-corrected chi connectivity index (χ1v) is 48.1. The molecule has 0 fully saturated rings. The molecule has 0 amide bonds. The van der Waals surface area contributed by atoms with Gasteiger partial charge in [-0.05, 0) is 192 Å². The van der Waals surface area contributed by atoms with Gasteiger partial charge >= 0.3 is 54.8 Å². The third kappa shape index (κ3) is 37.7. The highest BCUT2D eigenvalue weighted by atomic mass is 35.7. The van der Waals surface area contributed by atoms with Crippen molar-refractivity contribution in [3.8, 4) is 35.5 Å². The molecule has 7 heterocycles. The van der Waals surface area contributed by atoms with Crippen molar-refractivity contribution in [1.29, 1.82) is 0 Å². The number of carbonyl (C=O) groups is 4. The predicted octanol–water partition coefficient (Wildman–Crippen LogP) is 22.2. The summed E-state index contributed by atoms with van der Waals surface area (Å²) >= 11 is 47.0. The molecule has 786 valence electrons. The Bertz CT molecular complexity index is 6510. The van der Waals surface area contributed by atoms with Crippen LogP contribution in [0.4, 0.5) is 65.9 Å². The maximum Gasteiger partial charge on any atom is 0.435 e. The summed E-state index contributed by atoms with van der Waals surface area (Å²) in [6.45, 7) is 20.3. The Morgan fingerprint density at radius 3 is 1.08 bits per heavy atom. The number of esters is 4. The molecule has 54 heteroatoms. The number of allylic oxidation sites excluding steroid dienone is 1. The van der Waals surface area contributed by atoms with E-state index in [2.05, 4.69) is 138 Å². The standard InChI is InChI=1S/C22H17Cl2F3N2O6S.C21H15Cl2F3N2O4.C17H10Cl3F3N2O3.C11H8F6.C8H7ClN2O3.C6H15N.C5H8O.CH3ClO2S/c1-12(34-36(3,31)32)4-6-17-16(20(30)33-2)5-7-18(28-17)19-11-21(35-29-19,22(25,26)27)13-8-14(23)10-15(24)9-13;1-11(29)3-5-16-15(19(30)31-2)4-6-17(27-16)18-10-20(32-28-18,21(24,25)26)12-7-13(22)9-14(23)8-12;1-27-15(26)11-2-3-12(24-14(11)20)13-7-16(28-25-13,17(21,22)23)8-4-9(18)6-10(19)5-8;1-6-3-8(7(2)10(12,13)14)5-9(4-6)11(15,16)17;1-14-8(12)6-3-2-5(4-10-13)11-7(6)9;1-4-7(5-2)6-3;1-3-4-5(2)6;1-5(2,3)4/h5,7-10,12H,11H2,1-3H3;4,6-9,11,29H,10H2,1-2H3;2-6H,7H2,1H3;3-5H,2H2,1H3;2-4,13H,1H3;4-6H2,1-3H3;5-6H,1-2H3;1H3. The van der Waals surface area contributed by atoms with Crippen molar-refractivity contribution in [3.05, 3.63) is 258 Å². The minimum absolute atomic E-state index is 0.00409. The predicted molar refractivity (Wildman–Crippen MR) is 512 cm³/mol. The van der Waals surface area contributed by atoms with Gasteiger partial charge in [0.2, 0.25) is 9.05 Å². The van der Waals surface area contributed by atoms with Crippen molar-refractivity contribution >= 4 is 175 Å². The number of ether oxygens (including phenoxy) is 4. The van der Waals surface area contributed by atoms with Crippen molar-refractivity contribution in [1.82, 2.24) is 24.8 Å². The zero-order valence-electron chi connectivity index (χ0n) is 77.6. The Labute approximate surface area is 864 Å². The Morgan fingerprint density at radius 1 is 0.497 bits per heavy atom. The molecule has 0 saturated heterocycles. The highest BCUT2D eigenvalue weighted by Gasteiger charge is 2.65. The monoisotopic (exact) mass is 2270 g/mol. The fourth-order valence-electron chi connectivity index (χ4n) is 12.0. The van der Waals surface area contributed by atoms with Crippen LogP contribution in [-0.2, 0) is 79.8 Å². The van der Waals surface area contributed by atoms with Gasteiger partial charge in [-0.25, -0.2) is 47.5 Å². The average Bonchev–Trinajstić information content (AvgIpc) is 1.63. The first kappa shape index (κ1) is 126. The average molecular weight is 2270 g/mol. The fourth-order valence-corrected chi connectivity index (χ4v) is 14.6. The normalized spacial score (nSPS) is 16.3. The van der Waals surface area contributed by atoms with E-state index >= 15 is 0 Å². The molecule has 0 radical (unpaired) electrons. The summed E-state index contributed by atoms with van der Waals surface area (Å²) in [5, 5.41) is 39.4. The Hall–Kier alpha value is -11.0. The second kappa shape index (κ2) is 54.6. The molecule has 0 aliphatic carbocycles. The van der Waals surface area contributed by atoms with Crippen LogP contribution < -0.4 is 0 Å². The lowest BCUT2D eigenvalue weighted by Crippen LogP contribution is -2.42. The van der Waals surface area contributed by atoms with Crippen LogP contribution in [0.25, 0.3) is 5.57 Å². The molecule has 3 aliphatic heterocycles. The SMILES string of the molecule is C=C(c1cc(C)cc(C(F)(F)F)c1)C(F)(F)F.CC#CC(C)O.CCN(CC)CC.COC(=O)c1ccc(C2=NOC(c3cc(Cl)cc(Cl)c3)(C(F)(F)F)C2)nc1C#CC(C)O.COC(=O)c1ccc(C2=NOC(c3cc(Cl)cc(Cl)c3)(C(F)(F)F)C2)nc1C#CC(C)OS(C)(=O)=O.COC(=O)c1ccc(C2=NOC(c3cc(Cl)cc(Cl)c3)(C(F)(F)F)C2)nc1Cl.COC(=O)c1ccc(C=NO)nc1Cl.CS(=O)(=O)Cl. The highest BCUT2D eigenvalue weighted by Crippen LogP contribution is 2.53. The lowest BCUT2D eigenvalue weighted by Gasteiger charge is -2.29. The van der Waals surface area contributed by atoms with E-state index in [1.54, 1.807) is 13.8 Å². The van der Waals surface area contributed by atoms with Crippen LogP contribution in [0.1, 0.15) is 177 Å². The van der Waals surface area contributed by atoms with Crippen molar-refractivity contribution in [2.75, 3.05) is 60.6 Å². The van der Waals surface area contributed by atoms with Crippen LogP contribution >= 0.6 is 103 Å². The van der Waals surface area contributed by atoms with Crippen molar-refractivity contribution in [3.63, 3.8) is 0 Å². The molecule has 8 aromatic rings. The van der Waals surface area contributed by atoms with Crippen LogP contribution in [0.5, 0.6) is 0 Å². The number of aryl methyl sites for hydroxylation is 1. The van der Waals surface area contributed by atoms with Crippen LogP contribution in [0.2, 0.25) is 40.4 Å². The van der Waals surface area contributed by atoms with Gasteiger partial charge < -0.3 is 53.8 Å². The Morgan fingerprint density at radius 2 is 0.814 bits per heavy atom. The first-order chi connectivity index (χ1) is 67.0. The number of aliphatic hydroxyl groups is 2. The van der Waals surface area contributed by atoms with E-state index in [-0.39, 0.29) is 131 Å². The molecule has 3 aliphatic rings. The number of nitrogens with zero attached hydrogens (tertiary/aromatic N) is 9. The molecule has 6 unspecified atom stereocenters. The number of aromatic nitrogens is 4. The number of hydrogen-bond acceptors (Lipinski definition) is 28. The molecular weight excluding hydrogens is 2190 g/mol. The van der Waals surface area contributed by atoms with Gasteiger partial charge in [-0.2, -0.15) is 74.3 Å². The number of alkyl halides is 15. The summed E-state index contributed by atoms with van der Waals surface area (Å²) in [6, 6.07) is 23.3. The summed E-state index contributed by atoms with van der Waals surface area (Å²) < 4.78 is 266. The van der Waals surface area contributed by atoms with E-state index in [4.69, 9.17) is 122 Å². The number of halogens is 24. The molecule has 11 rings (SSSR count). The summed E-state index contributed by atoms with van der Waals surface area (Å²) in [5.74, 6) is 12.2. The van der Waals surface area contributed by atoms with Gasteiger partial charge in [-0.3, -0.25) is 4.18 Å². The lowest BCUT2D eigenvalue weighted by molar-refractivity contribution is -0.276. The number of carbonyl (C=O) groups excluding carboxylic acids is 4. The largest absolute Gasteiger partial charge is 0.465 e. The van der Waals surface area contributed by atoms with Crippen molar-refractivity contribution in [2.45, 2.75) is 141 Å². The topological polar surface area (TPSA) is 375 Å². The molecule has 6 atom stereocenters. The summed E-state index contributed by atoms with van der Waals surface area (Å²) in [5.41, 5.74) is -12.7. The van der Waals surface area contributed by atoms with Crippen molar-refractivity contribution in [2.24, 2.45) is 20.6 Å². The van der Waals surface area contributed by atoms with E-state index in [0.29, 0.717) is 11.8 Å². The summed E-state index contributed by atoms with van der Waals surface area (Å²) in [6.07, 6.45) is -25.9. The van der Waals surface area contributed by atoms with Gasteiger partial charge in [0.05, 0.1) is 123 Å². The minimum atomic E-state index is -4.92. The second-order valence-electron chi connectivity index (χ2n) is 29.5. The molecule has 28 nitrogen and oxygen atoms in total. The molecule has 0 spiro atoms. The third-order valence-corrected chi connectivity index (χ3v) is 21.2. The van der Waals surface area contributed by atoms with Gasteiger partial charge in [0, 0.05) is 57.5 Å². The highest BCUT2D eigenvalue weighted by molar-refractivity contribution is 8.13. The third-order valence-electron chi connectivity index (χ3n) is 18.7. The van der Waals surface area contributed by atoms with Crippen molar-refractivity contribution < 1.29 is 155 Å². The minimum Gasteiger partial charge on any atom is -0.465 e. The molecule has 145 heavy (non-hydrogen) atoms. The van der Waals surface area contributed by atoms with Gasteiger partial charge in [-0.1, -0.05) is 165 Å². The maximum absolute atomic E-state index is 14.2. The van der Waals surface area contributed by atoms with Crippen LogP contribution in [-0.4, -0.2) is 208 Å².